The van der Waals surface area contributed by atoms with Gasteiger partial charge in [-0.15, -0.1) is 11.8 Å². The molecule has 0 bridgehead atoms. The monoisotopic (exact) mass is 865 g/mol. The van der Waals surface area contributed by atoms with E-state index in [-0.39, 0.29) is 11.5 Å². The molecule has 18 heteroatoms. The van der Waals surface area contributed by atoms with Crippen LogP contribution in [0, 0.1) is 0 Å². The van der Waals surface area contributed by atoms with Crippen molar-refractivity contribution >= 4 is 54.7 Å². The molecule has 2 atom stereocenters. The second kappa shape index (κ2) is 18.2. The Balaban J connectivity index is 1.19. The number of halogens is 4. The fraction of sp³-hybridized carbons (Fsp3) is 0.436. The van der Waals surface area contributed by atoms with E-state index in [1.165, 1.54) is 23.7 Å². The predicted octanol–water partition coefficient (Wildman–Crippen LogP) is 7.33. The summed E-state index contributed by atoms with van der Waals surface area (Å²) in [5.41, 5.74) is -3.53. The van der Waals surface area contributed by atoms with Gasteiger partial charge in [0.1, 0.15) is 17.0 Å². The van der Waals surface area contributed by atoms with E-state index in [0.29, 0.717) is 72.7 Å². The number of hydrogen-bond acceptors (Lipinski definition) is 11. The molecule has 308 valence electrons. The molecule has 2 unspecified atom stereocenters. The van der Waals surface area contributed by atoms with E-state index < -0.39 is 41.2 Å². The Morgan fingerprint density at radius 2 is 1.67 bits per heavy atom. The quantitative estimate of drug-likeness (QED) is 0.117. The molecular formula is C39H47ClF3N7O4S3. The first-order valence-electron chi connectivity index (χ1n) is 18.7. The van der Waals surface area contributed by atoms with Gasteiger partial charge < -0.3 is 10.2 Å². The first-order chi connectivity index (χ1) is 27.0. The summed E-state index contributed by atoms with van der Waals surface area (Å²) in [5.74, 6) is 0.335. The lowest BCUT2D eigenvalue weighted by molar-refractivity contribution is -0.0435. The van der Waals surface area contributed by atoms with Gasteiger partial charge in [0, 0.05) is 60.5 Å². The van der Waals surface area contributed by atoms with E-state index in [0.717, 1.165) is 43.0 Å². The zero-order valence-electron chi connectivity index (χ0n) is 31.9. The number of nitrogens with zero attached hydrogens (tertiary/aromatic N) is 5. The number of hydrogen-bond donors (Lipinski definition) is 2. The Labute approximate surface area is 342 Å². The van der Waals surface area contributed by atoms with Crippen LogP contribution in [0.2, 0.25) is 5.02 Å². The largest absolute Gasteiger partial charge is 0.501 e. The van der Waals surface area contributed by atoms with Crippen molar-refractivity contribution in [3.05, 3.63) is 101 Å². The van der Waals surface area contributed by atoms with Crippen LogP contribution in [0.3, 0.4) is 0 Å². The SMILES string of the molecule is CC(c1ccccc1)N1CCC(N2CCc3c(ncnc3NS(=O)(=O)c3ccc(NC(CCN(C)C)CSc4ccccc4Cl)c(S(=O)(=O)C(F)(F)F)c3)C2)CC1. The van der Waals surface area contributed by atoms with Crippen LogP contribution in [0.4, 0.5) is 24.7 Å². The highest BCUT2D eigenvalue weighted by atomic mass is 35.5. The van der Waals surface area contributed by atoms with E-state index in [4.69, 9.17) is 11.6 Å². The van der Waals surface area contributed by atoms with Crippen LogP contribution < -0.4 is 10.0 Å². The van der Waals surface area contributed by atoms with Crippen molar-refractivity contribution in [3.63, 3.8) is 0 Å². The van der Waals surface area contributed by atoms with Crippen LogP contribution >= 0.6 is 23.4 Å². The number of rotatable bonds is 15. The summed E-state index contributed by atoms with van der Waals surface area (Å²) >= 11 is 7.69. The number of thioether (sulfide) groups is 1. The molecule has 2 aliphatic rings. The molecule has 1 aromatic heterocycles. The third kappa shape index (κ3) is 10.4. The first kappa shape index (κ1) is 43.1. The highest BCUT2D eigenvalue weighted by Crippen LogP contribution is 2.38. The van der Waals surface area contributed by atoms with Crippen LogP contribution in [0.1, 0.15) is 49.0 Å². The molecule has 0 radical (unpaired) electrons. The van der Waals surface area contributed by atoms with E-state index in [1.807, 2.05) is 37.2 Å². The smallest absolute Gasteiger partial charge is 0.380 e. The second-order valence-corrected chi connectivity index (χ2v) is 19.7. The summed E-state index contributed by atoms with van der Waals surface area (Å²) in [7, 11) is -6.92. The minimum absolute atomic E-state index is 0.00827. The molecule has 3 aromatic carbocycles. The third-order valence-corrected chi connectivity index (χ3v) is 15.1. The highest BCUT2D eigenvalue weighted by molar-refractivity contribution is 7.99. The van der Waals surface area contributed by atoms with Crippen molar-refractivity contribution in [1.82, 2.24) is 24.7 Å². The van der Waals surface area contributed by atoms with Gasteiger partial charge in [-0.2, -0.15) is 13.2 Å². The maximum absolute atomic E-state index is 14.1. The predicted molar refractivity (Wildman–Crippen MR) is 219 cm³/mol. The lowest BCUT2D eigenvalue weighted by Crippen LogP contribution is -2.47. The van der Waals surface area contributed by atoms with Crippen LogP contribution in [-0.2, 0) is 32.8 Å². The molecular weight excluding hydrogens is 819 g/mol. The Morgan fingerprint density at radius 1 is 0.965 bits per heavy atom. The van der Waals surface area contributed by atoms with Crippen molar-refractivity contribution in [3.8, 4) is 0 Å². The fourth-order valence-corrected chi connectivity index (χ4v) is 10.7. The van der Waals surface area contributed by atoms with Gasteiger partial charge in [0.2, 0.25) is 0 Å². The summed E-state index contributed by atoms with van der Waals surface area (Å²) < 4.78 is 98.5. The summed E-state index contributed by atoms with van der Waals surface area (Å²) in [5, 5.41) is 3.48. The molecule has 0 saturated carbocycles. The molecule has 3 heterocycles. The molecule has 0 aliphatic carbocycles. The highest BCUT2D eigenvalue weighted by Gasteiger charge is 2.48. The lowest BCUT2D eigenvalue weighted by Gasteiger charge is -2.42. The van der Waals surface area contributed by atoms with Crippen LogP contribution in [0.25, 0.3) is 0 Å². The average Bonchev–Trinajstić information content (AvgIpc) is 3.19. The third-order valence-electron chi connectivity index (χ3n) is 10.5. The number of sulfone groups is 1. The molecule has 1 fully saturated rings. The number of fused-ring (bicyclic) bond motifs is 1. The average molecular weight is 866 g/mol. The van der Waals surface area contributed by atoms with Crippen molar-refractivity contribution in [1.29, 1.82) is 0 Å². The van der Waals surface area contributed by atoms with Crippen molar-refractivity contribution in [2.24, 2.45) is 0 Å². The molecule has 6 rings (SSSR count). The normalized spacial score (nSPS) is 17.3. The second-order valence-electron chi connectivity index (χ2n) is 14.6. The summed E-state index contributed by atoms with van der Waals surface area (Å²) in [6, 6.07) is 20.4. The molecule has 2 aliphatic heterocycles. The van der Waals surface area contributed by atoms with Crippen molar-refractivity contribution in [2.75, 3.05) is 56.1 Å². The van der Waals surface area contributed by atoms with E-state index in [1.54, 1.807) is 12.1 Å². The number of nitrogens with one attached hydrogen (secondary N) is 2. The maximum atomic E-state index is 14.1. The number of alkyl halides is 3. The van der Waals surface area contributed by atoms with Gasteiger partial charge in [0.05, 0.1) is 21.3 Å². The molecule has 0 spiro atoms. The van der Waals surface area contributed by atoms with Crippen LogP contribution in [0.5, 0.6) is 0 Å². The van der Waals surface area contributed by atoms with Gasteiger partial charge in [-0.3, -0.25) is 14.5 Å². The number of benzene rings is 3. The fourth-order valence-electron chi connectivity index (χ4n) is 7.26. The van der Waals surface area contributed by atoms with Crippen LogP contribution in [-0.4, -0.2) is 105 Å². The molecule has 2 N–H and O–H groups in total. The number of anilines is 2. The number of likely N-dealkylation sites (tertiary alicyclic amines) is 1. The van der Waals surface area contributed by atoms with E-state index >= 15 is 0 Å². The van der Waals surface area contributed by atoms with Gasteiger partial charge in [0.15, 0.2) is 0 Å². The number of piperidine rings is 1. The molecule has 11 nitrogen and oxygen atoms in total. The Bertz CT molecular complexity index is 2230. The Morgan fingerprint density at radius 3 is 2.35 bits per heavy atom. The number of aromatic nitrogens is 2. The maximum Gasteiger partial charge on any atom is 0.501 e. The number of sulfonamides is 1. The molecule has 0 amide bonds. The van der Waals surface area contributed by atoms with Gasteiger partial charge in [-0.05, 0) is 89.1 Å². The zero-order valence-corrected chi connectivity index (χ0v) is 35.1. The summed E-state index contributed by atoms with van der Waals surface area (Å²) in [6.45, 7) is 5.78. The van der Waals surface area contributed by atoms with Crippen molar-refractivity contribution in [2.45, 2.75) is 77.5 Å². The Kier molecular flexibility index (Phi) is 13.8. The lowest BCUT2D eigenvalue weighted by atomic mass is 9.96. The molecule has 1 saturated heterocycles. The summed E-state index contributed by atoms with van der Waals surface area (Å²) in [4.78, 5) is 14.3. The van der Waals surface area contributed by atoms with E-state index in [9.17, 15) is 30.0 Å². The summed E-state index contributed by atoms with van der Waals surface area (Å²) in [6.07, 6.45) is 4.08. The van der Waals surface area contributed by atoms with Gasteiger partial charge in [-0.1, -0.05) is 54.1 Å². The van der Waals surface area contributed by atoms with Gasteiger partial charge >= 0.3 is 5.51 Å². The topological polar surface area (TPSA) is 128 Å². The minimum atomic E-state index is -5.99. The standard InChI is InChI=1S/C39H47ClF3N7O4S3/c1-27(28-9-5-4-6-10-28)49-20-16-30(17-21-49)50-22-18-32-35(24-50)44-26-45-38(32)47-57(53,54)31-13-14-34(37(23-31)56(51,52)39(41,42)43)46-29(15-19-48(2)3)25-55-36-12-8-7-11-33(36)40/h4-14,23,26-27,29-30,46H,15-22,24-25H2,1-3H3,(H,44,45,47). The van der Waals surface area contributed by atoms with Crippen LogP contribution in [0.15, 0.2) is 93.8 Å². The van der Waals surface area contributed by atoms with E-state index in [2.05, 4.69) is 61.0 Å². The molecule has 4 aromatic rings. The Hall–Kier alpha value is -3.45. The minimum Gasteiger partial charge on any atom is -0.380 e. The first-order valence-corrected chi connectivity index (χ1v) is 23.0. The van der Waals surface area contributed by atoms with Gasteiger partial charge in [0.25, 0.3) is 19.9 Å². The van der Waals surface area contributed by atoms with Gasteiger partial charge in [-0.25, -0.2) is 26.8 Å². The molecule has 57 heavy (non-hydrogen) atoms. The zero-order chi connectivity index (χ0) is 41.0. The van der Waals surface area contributed by atoms with Crippen molar-refractivity contribution < 1.29 is 30.0 Å².